The van der Waals surface area contributed by atoms with E-state index in [0.29, 0.717) is 22.8 Å². The first-order valence-corrected chi connectivity index (χ1v) is 17.5. The number of fused-ring (bicyclic) bond motifs is 5. The highest BCUT2D eigenvalue weighted by Crippen LogP contribution is 2.68. The van der Waals surface area contributed by atoms with E-state index in [0.717, 1.165) is 60.2 Å². The van der Waals surface area contributed by atoms with Crippen LogP contribution in [0, 0.1) is 58.2 Å². The summed E-state index contributed by atoms with van der Waals surface area (Å²) >= 11 is 0. The molecule has 0 amide bonds. The zero-order chi connectivity index (χ0) is 29.1. The topological polar surface area (TPSA) is 46.5 Å². The molecule has 0 radical (unpaired) electrons. The zero-order valence-corrected chi connectivity index (χ0v) is 27.2. The second-order valence-electron chi connectivity index (χ2n) is 16.1. The Bertz CT molecular complexity index is 848. The van der Waals surface area contributed by atoms with Gasteiger partial charge in [-0.2, -0.15) is 0 Å². The number of carbonyl (C=O) groups excluding carboxylic acids is 1. The maximum absolute atomic E-state index is 12.0. The lowest BCUT2D eigenvalue weighted by atomic mass is 9.44. The normalized spacial score (nSPS) is 38.7. The van der Waals surface area contributed by atoms with Gasteiger partial charge in [-0.1, -0.05) is 66.9 Å². The Morgan fingerprint density at radius 1 is 0.900 bits per heavy atom. The number of rotatable bonds is 13. The summed E-state index contributed by atoms with van der Waals surface area (Å²) < 4.78 is 5.60. The first-order chi connectivity index (χ1) is 19.0. The van der Waals surface area contributed by atoms with E-state index in [1.165, 1.54) is 83.5 Å². The zero-order valence-electron chi connectivity index (χ0n) is 27.2. The van der Waals surface area contributed by atoms with Gasteiger partial charge in [-0.05, 0) is 136 Å². The fraction of sp³-hybridized carbons (Fsp3) is 0.919. The van der Waals surface area contributed by atoms with Crippen LogP contribution >= 0.6 is 0 Å². The molecule has 0 aromatic heterocycles. The molecule has 2 unspecified atom stereocenters. The van der Waals surface area contributed by atoms with Crippen molar-refractivity contribution in [3.63, 3.8) is 0 Å². The van der Waals surface area contributed by atoms with E-state index < -0.39 is 0 Å². The monoisotopic (exact) mass is 556 g/mol. The van der Waals surface area contributed by atoms with Gasteiger partial charge in [-0.3, -0.25) is 0 Å². The number of aliphatic hydroxyl groups excluding tert-OH is 1. The molecule has 4 fully saturated rings. The minimum absolute atomic E-state index is 0.0678. The Hall–Kier alpha value is -0.830. The summed E-state index contributed by atoms with van der Waals surface area (Å²) in [4.78, 5) is 12.0. The molecule has 0 aromatic rings. The Morgan fingerprint density at radius 3 is 2.33 bits per heavy atom. The van der Waals surface area contributed by atoms with Crippen molar-refractivity contribution in [3.05, 3.63) is 12.2 Å². The predicted octanol–water partition coefficient (Wildman–Crippen LogP) is 9.76. The molecular weight excluding hydrogens is 492 g/mol. The summed E-state index contributed by atoms with van der Waals surface area (Å²) in [7, 11) is 0. The van der Waals surface area contributed by atoms with Gasteiger partial charge in [0.25, 0.3) is 0 Å². The van der Waals surface area contributed by atoms with Gasteiger partial charge in [0.05, 0.1) is 0 Å². The maximum atomic E-state index is 12.0. The fourth-order valence-corrected chi connectivity index (χ4v) is 10.9. The van der Waals surface area contributed by atoms with E-state index in [9.17, 15) is 9.90 Å². The van der Waals surface area contributed by atoms with Crippen molar-refractivity contribution in [3.8, 4) is 0 Å². The van der Waals surface area contributed by atoms with Gasteiger partial charge in [0, 0.05) is 18.6 Å². The van der Waals surface area contributed by atoms with Gasteiger partial charge in [-0.25, -0.2) is 4.79 Å². The van der Waals surface area contributed by atoms with Crippen molar-refractivity contribution in [2.75, 3.05) is 6.61 Å². The molecule has 0 saturated heterocycles. The Kier molecular flexibility index (Phi) is 10.9. The van der Waals surface area contributed by atoms with Crippen molar-refractivity contribution in [2.45, 2.75) is 150 Å². The highest BCUT2D eigenvalue weighted by Gasteiger charge is 2.60. The number of esters is 1. The molecule has 3 heteroatoms. The molecular formula is C37H64O3. The molecule has 4 saturated carbocycles. The molecule has 4 rings (SSSR count). The summed E-state index contributed by atoms with van der Waals surface area (Å²) in [5.41, 5.74) is 1.59. The van der Waals surface area contributed by atoms with E-state index in [4.69, 9.17) is 4.74 Å². The van der Waals surface area contributed by atoms with Gasteiger partial charge < -0.3 is 9.84 Å². The number of carbonyl (C=O) groups is 1. The van der Waals surface area contributed by atoms with Crippen LogP contribution in [0.25, 0.3) is 0 Å². The summed E-state index contributed by atoms with van der Waals surface area (Å²) in [6.45, 7) is 18.3. The summed E-state index contributed by atoms with van der Waals surface area (Å²) in [6.07, 6.45) is 20.9. The van der Waals surface area contributed by atoms with Crippen LogP contribution in [0.4, 0.5) is 0 Å². The number of hydrogen-bond donors (Lipinski definition) is 1. The lowest BCUT2D eigenvalue weighted by Crippen LogP contribution is -2.53. The van der Waals surface area contributed by atoms with Crippen LogP contribution in [0.2, 0.25) is 0 Å². The van der Waals surface area contributed by atoms with Crippen LogP contribution in [-0.2, 0) is 9.53 Å². The first kappa shape index (κ1) is 32.1. The van der Waals surface area contributed by atoms with Gasteiger partial charge in [0.1, 0.15) is 6.10 Å². The summed E-state index contributed by atoms with van der Waals surface area (Å²) in [5, 5.41) is 9.44. The molecule has 1 N–H and O–H groups in total. The second kappa shape index (κ2) is 13.6. The lowest BCUT2D eigenvalue weighted by Gasteiger charge is -2.61. The SMILES string of the molecule is C=C(C)C(=O)OC(CCO)CCC[C@H]1CC[C@@]2(C)[C@@H](CC[C@@H]3[C@@H]2CC[C@]2(C)C([C@H](C)CCCC(C)C)CC[C@@H]32)C1. The minimum atomic E-state index is -0.318. The van der Waals surface area contributed by atoms with E-state index >= 15 is 0 Å². The molecule has 10 atom stereocenters. The van der Waals surface area contributed by atoms with E-state index in [2.05, 4.69) is 41.2 Å². The standard InChI is InChI=1S/C37H64O3/c1-25(2)10-8-11-27(5)32-16-17-33-31-15-14-29-24-28(12-9-13-30(20-23-38)40-35(39)26(3)4)18-21-36(29,6)34(31)19-22-37(32,33)7/h25,27-34,38H,3,8-24H2,1-2,4-7H3/t27-,28+,29+,30?,31+,32?,33+,34+,36+,37-/m1/s1. The van der Waals surface area contributed by atoms with Gasteiger partial charge in [0.15, 0.2) is 0 Å². The van der Waals surface area contributed by atoms with Crippen molar-refractivity contribution in [1.29, 1.82) is 0 Å². The predicted molar refractivity (Wildman–Crippen MR) is 167 cm³/mol. The van der Waals surface area contributed by atoms with Crippen LogP contribution in [0.5, 0.6) is 0 Å². The van der Waals surface area contributed by atoms with Gasteiger partial charge in [-0.15, -0.1) is 0 Å². The molecule has 4 aliphatic carbocycles. The number of hydrogen-bond acceptors (Lipinski definition) is 3. The van der Waals surface area contributed by atoms with E-state index in [1.807, 2.05) is 0 Å². The van der Waals surface area contributed by atoms with E-state index in [-0.39, 0.29) is 18.7 Å². The largest absolute Gasteiger partial charge is 0.459 e. The van der Waals surface area contributed by atoms with E-state index in [1.54, 1.807) is 6.92 Å². The molecule has 0 heterocycles. The van der Waals surface area contributed by atoms with Gasteiger partial charge >= 0.3 is 5.97 Å². The number of aliphatic hydroxyl groups is 1. The number of ether oxygens (including phenoxy) is 1. The Labute approximate surface area is 247 Å². The third-order valence-corrected chi connectivity index (χ3v) is 13.2. The molecule has 40 heavy (non-hydrogen) atoms. The molecule has 0 aliphatic heterocycles. The highest BCUT2D eigenvalue weighted by molar-refractivity contribution is 5.87. The van der Waals surface area contributed by atoms with Crippen LogP contribution in [0.1, 0.15) is 144 Å². The molecule has 0 spiro atoms. The van der Waals surface area contributed by atoms with Gasteiger partial charge in [0.2, 0.25) is 0 Å². The van der Waals surface area contributed by atoms with Crippen molar-refractivity contribution in [1.82, 2.24) is 0 Å². The molecule has 4 aliphatic rings. The smallest absolute Gasteiger partial charge is 0.333 e. The van der Waals surface area contributed by atoms with Crippen molar-refractivity contribution < 1.29 is 14.6 Å². The third kappa shape index (κ3) is 6.86. The third-order valence-electron chi connectivity index (χ3n) is 13.2. The molecule has 0 aromatic carbocycles. The summed E-state index contributed by atoms with van der Waals surface area (Å²) in [6, 6.07) is 0. The second-order valence-corrected chi connectivity index (χ2v) is 16.1. The quantitative estimate of drug-likeness (QED) is 0.181. The van der Waals surface area contributed by atoms with Crippen molar-refractivity contribution >= 4 is 5.97 Å². The maximum Gasteiger partial charge on any atom is 0.333 e. The molecule has 230 valence electrons. The highest BCUT2D eigenvalue weighted by atomic mass is 16.5. The summed E-state index contributed by atoms with van der Waals surface area (Å²) in [5.74, 6) is 7.00. The lowest BCUT2D eigenvalue weighted by molar-refractivity contribution is -0.145. The minimum Gasteiger partial charge on any atom is -0.459 e. The molecule has 0 bridgehead atoms. The average Bonchev–Trinajstić information content (AvgIpc) is 3.25. The molecule has 3 nitrogen and oxygen atoms in total. The fourth-order valence-electron chi connectivity index (χ4n) is 10.9. The Morgan fingerprint density at radius 2 is 1.62 bits per heavy atom. The van der Waals surface area contributed by atoms with Crippen LogP contribution in [0.3, 0.4) is 0 Å². The Balaban J connectivity index is 1.30. The average molecular weight is 557 g/mol. The van der Waals surface area contributed by atoms with Crippen LogP contribution < -0.4 is 0 Å². The first-order valence-electron chi connectivity index (χ1n) is 17.5. The van der Waals surface area contributed by atoms with Crippen molar-refractivity contribution in [2.24, 2.45) is 58.2 Å². The van der Waals surface area contributed by atoms with Crippen LogP contribution in [-0.4, -0.2) is 23.8 Å². The van der Waals surface area contributed by atoms with Crippen LogP contribution in [0.15, 0.2) is 12.2 Å².